The number of fused-ring (bicyclic) bond motifs is 3. The molecule has 0 radical (unpaired) electrons. The van der Waals surface area contributed by atoms with Crippen LogP contribution >= 0.6 is 0 Å². The van der Waals surface area contributed by atoms with Gasteiger partial charge in [0.05, 0.1) is 11.7 Å². The van der Waals surface area contributed by atoms with Gasteiger partial charge in [0.15, 0.2) is 12.0 Å². The summed E-state index contributed by atoms with van der Waals surface area (Å²) in [5.74, 6) is -3.52. The summed E-state index contributed by atoms with van der Waals surface area (Å²) in [5.41, 5.74) is 0.769. The number of rotatable bonds is 5. The van der Waals surface area contributed by atoms with Gasteiger partial charge in [0.25, 0.3) is 5.92 Å². The first-order valence-corrected chi connectivity index (χ1v) is 9.26. The van der Waals surface area contributed by atoms with E-state index in [2.05, 4.69) is 0 Å². The first-order chi connectivity index (χ1) is 13.5. The summed E-state index contributed by atoms with van der Waals surface area (Å²) in [7, 11) is 0. The molecule has 0 saturated heterocycles. The van der Waals surface area contributed by atoms with Gasteiger partial charge >= 0.3 is 5.97 Å². The van der Waals surface area contributed by atoms with Crippen LogP contribution in [0, 0.1) is 12.8 Å². The fourth-order valence-corrected chi connectivity index (χ4v) is 3.32. The highest BCUT2D eigenvalue weighted by atomic mass is 19.3. The highest BCUT2D eigenvalue weighted by Gasteiger charge is 2.28. The molecule has 1 aromatic heterocycles. The number of hydrogen-bond acceptors (Lipinski definition) is 4. The van der Waals surface area contributed by atoms with E-state index in [-0.39, 0.29) is 29.9 Å². The summed E-state index contributed by atoms with van der Waals surface area (Å²) in [6, 6.07) is 4.30. The number of nitrogens with zero attached hydrogens (tertiary/aromatic N) is 1. The van der Waals surface area contributed by atoms with Crippen molar-refractivity contribution in [3.63, 3.8) is 0 Å². The van der Waals surface area contributed by atoms with Crippen molar-refractivity contribution >= 4 is 5.97 Å². The standard InChI is InChI=1S/C21H23F2NO5/c1-11(2)16-9-28-19-7-18(29-10-21(4,22)23)12(3)5-13(19)15-6-17(25)14(20(26)27)8-24(15)16/h5-8,11,16H,9-10H2,1-4H3,(H,26,27)/t16-/m0/s1. The minimum Gasteiger partial charge on any atom is -0.491 e. The quantitative estimate of drug-likeness (QED) is 0.806. The third-order valence-electron chi connectivity index (χ3n) is 4.88. The Labute approximate surface area is 166 Å². The number of aromatic carboxylic acids is 1. The van der Waals surface area contributed by atoms with E-state index in [1.165, 1.54) is 12.3 Å². The van der Waals surface area contributed by atoms with Crippen molar-refractivity contribution in [2.45, 2.75) is 39.7 Å². The van der Waals surface area contributed by atoms with Crippen LogP contribution in [-0.2, 0) is 0 Å². The van der Waals surface area contributed by atoms with Crippen molar-refractivity contribution in [1.29, 1.82) is 0 Å². The lowest BCUT2D eigenvalue weighted by molar-refractivity contribution is -0.0231. The van der Waals surface area contributed by atoms with Gasteiger partial charge in [-0.3, -0.25) is 4.79 Å². The first-order valence-electron chi connectivity index (χ1n) is 9.26. The fourth-order valence-electron chi connectivity index (χ4n) is 3.32. The molecule has 1 aromatic carbocycles. The summed E-state index contributed by atoms with van der Waals surface area (Å²) in [6.45, 7) is 5.89. The first kappa shape index (κ1) is 20.8. The zero-order chi connectivity index (χ0) is 21.5. The van der Waals surface area contributed by atoms with Crippen molar-refractivity contribution in [1.82, 2.24) is 4.57 Å². The van der Waals surface area contributed by atoms with E-state index >= 15 is 0 Å². The Morgan fingerprint density at radius 1 is 1.38 bits per heavy atom. The molecular weight excluding hydrogens is 384 g/mol. The molecule has 29 heavy (non-hydrogen) atoms. The Morgan fingerprint density at radius 2 is 2.07 bits per heavy atom. The van der Waals surface area contributed by atoms with E-state index in [9.17, 15) is 23.5 Å². The summed E-state index contributed by atoms with van der Waals surface area (Å²) in [4.78, 5) is 23.8. The molecule has 0 spiro atoms. The smallest absolute Gasteiger partial charge is 0.341 e. The summed E-state index contributed by atoms with van der Waals surface area (Å²) >= 11 is 0. The molecule has 0 aliphatic carbocycles. The van der Waals surface area contributed by atoms with Crippen LogP contribution in [0.5, 0.6) is 11.5 Å². The van der Waals surface area contributed by atoms with Crippen LogP contribution < -0.4 is 14.9 Å². The van der Waals surface area contributed by atoms with Crippen LogP contribution in [0.4, 0.5) is 8.78 Å². The number of pyridine rings is 1. The number of carboxylic acids is 1. The number of halogens is 2. The van der Waals surface area contributed by atoms with E-state index < -0.39 is 23.9 Å². The molecule has 1 aliphatic heterocycles. The summed E-state index contributed by atoms with van der Waals surface area (Å²) in [6.07, 6.45) is 1.35. The van der Waals surface area contributed by atoms with Gasteiger partial charge in [-0.2, -0.15) is 0 Å². The molecule has 0 saturated carbocycles. The largest absolute Gasteiger partial charge is 0.491 e. The van der Waals surface area contributed by atoms with E-state index in [0.717, 1.165) is 6.92 Å². The van der Waals surface area contributed by atoms with Gasteiger partial charge in [-0.1, -0.05) is 13.8 Å². The minimum atomic E-state index is -2.98. The molecule has 1 atom stereocenters. The van der Waals surface area contributed by atoms with Crippen LogP contribution in [0.2, 0.25) is 0 Å². The van der Waals surface area contributed by atoms with Gasteiger partial charge in [0.1, 0.15) is 23.7 Å². The number of aryl methyl sites for hydroxylation is 1. The van der Waals surface area contributed by atoms with Gasteiger partial charge in [-0.25, -0.2) is 13.6 Å². The van der Waals surface area contributed by atoms with Crippen LogP contribution in [0.15, 0.2) is 29.2 Å². The van der Waals surface area contributed by atoms with Gasteiger partial charge in [0.2, 0.25) is 0 Å². The zero-order valence-electron chi connectivity index (χ0n) is 16.7. The van der Waals surface area contributed by atoms with E-state index in [1.807, 2.05) is 13.8 Å². The molecule has 8 heteroatoms. The third-order valence-corrected chi connectivity index (χ3v) is 4.88. The number of ether oxygens (including phenoxy) is 2. The Morgan fingerprint density at radius 3 is 2.66 bits per heavy atom. The van der Waals surface area contributed by atoms with Gasteiger partial charge in [-0.05, 0) is 24.5 Å². The van der Waals surface area contributed by atoms with Gasteiger partial charge < -0.3 is 19.1 Å². The second kappa shape index (κ2) is 7.50. The number of carboxylic acid groups (broad SMARTS) is 1. The van der Waals surface area contributed by atoms with Crippen molar-refractivity contribution in [3.8, 4) is 22.8 Å². The Bertz CT molecular complexity index is 1010. The maximum Gasteiger partial charge on any atom is 0.341 e. The zero-order valence-corrected chi connectivity index (χ0v) is 16.7. The van der Waals surface area contributed by atoms with Gasteiger partial charge in [0, 0.05) is 30.8 Å². The molecule has 2 heterocycles. The molecule has 156 valence electrons. The Hall–Kier alpha value is -2.90. The highest BCUT2D eigenvalue weighted by Crippen LogP contribution is 2.40. The third kappa shape index (κ3) is 4.26. The maximum absolute atomic E-state index is 13.2. The highest BCUT2D eigenvalue weighted by molar-refractivity contribution is 5.87. The SMILES string of the molecule is Cc1cc2c(cc1OCC(C)(F)F)OC[C@@H](C(C)C)n1cc(C(=O)O)c(=O)cc1-2. The molecule has 0 amide bonds. The molecule has 1 N–H and O–H groups in total. The maximum atomic E-state index is 13.2. The normalized spacial score (nSPS) is 15.9. The summed E-state index contributed by atoms with van der Waals surface area (Å²) < 4.78 is 39.3. The number of benzene rings is 1. The second-order valence-corrected chi connectivity index (χ2v) is 7.74. The molecule has 3 rings (SSSR count). The molecule has 0 bridgehead atoms. The predicted molar refractivity (Wildman–Crippen MR) is 103 cm³/mol. The van der Waals surface area contributed by atoms with Crippen LogP contribution in [-0.4, -0.2) is 34.8 Å². The van der Waals surface area contributed by atoms with E-state index in [4.69, 9.17) is 9.47 Å². The Balaban J connectivity index is 2.17. The van der Waals surface area contributed by atoms with Crippen LogP contribution in [0.3, 0.4) is 0 Å². The average molecular weight is 407 g/mol. The fraction of sp³-hybridized carbons (Fsp3) is 0.429. The Kier molecular flexibility index (Phi) is 5.38. The molecule has 0 unspecified atom stereocenters. The lowest BCUT2D eigenvalue weighted by atomic mass is 10.0. The number of hydrogen-bond donors (Lipinski definition) is 1. The number of aromatic nitrogens is 1. The monoisotopic (exact) mass is 407 g/mol. The number of alkyl halides is 2. The van der Waals surface area contributed by atoms with Gasteiger partial charge in [-0.15, -0.1) is 0 Å². The van der Waals surface area contributed by atoms with Crippen molar-refractivity contribution in [2.75, 3.05) is 13.2 Å². The van der Waals surface area contributed by atoms with Crippen molar-refractivity contribution < 1.29 is 28.2 Å². The lowest BCUT2D eigenvalue weighted by Crippen LogP contribution is -2.25. The van der Waals surface area contributed by atoms with Crippen LogP contribution in [0.25, 0.3) is 11.3 Å². The average Bonchev–Trinajstić information content (AvgIpc) is 2.75. The topological polar surface area (TPSA) is 77.8 Å². The second-order valence-electron chi connectivity index (χ2n) is 7.74. The molecule has 0 fully saturated rings. The molecule has 6 nitrogen and oxygen atoms in total. The summed E-state index contributed by atoms with van der Waals surface area (Å²) in [5, 5.41) is 9.34. The van der Waals surface area contributed by atoms with Crippen LogP contribution in [0.1, 0.15) is 42.7 Å². The van der Waals surface area contributed by atoms with Crippen molar-refractivity contribution in [3.05, 3.63) is 45.7 Å². The predicted octanol–water partition coefficient (Wildman–Crippen LogP) is 4.15. The van der Waals surface area contributed by atoms with Crippen molar-refractivity contribution in [2.24, 2.45) is 5.92 Å². The molecular formula is C21H23F2NO5. The minimum absolute atomic E-state index is 0.0859. The van der Waals surface area contributed by atoms with E-state index in [0.29, 0.717) is 22.6 Å². The molecule has 1 aliphatic rings. The lowest BCUT2D eigenvalue weighted by Gasteiger charge is -2.24. The van der Waals surface area contributed by atoms with E-state index in [1.54, 1.807) is 23.6 Å². The molecule has 2 aromatic rings. The number of carbonyl (C=O) groups is 1.